The van der Waals surface area contributed by atoms with Gasteiger partial charge in [-0.2, -0.15) is 0 Å². The van der Waals surface area contributed by atoms with Gasteiger partial charge in [0.25, 0.3) is 0 Å². The van der Waals surface area contributed by atoms with Crippen LogP contribution in [-0.4, -0.2) is 36.0 Å². The summed E-state index contributed by atoms with van der Waals surface area (Å²) in [5.74, 6) is -0.188. The van der Waals surface area contributed by atoms with E-state index in [1.54, 1.807) is 36.8 Å². The van der Waals surface area contributed by atoms with Crippen LogP contribution in [0.1, 0.15) is 5.69 Å². The normalized spacial score (nSPS) is 11.0. The fourth-order valence-electron chi connectivity index (χ4n) is 2.57. The third-order valence-electron chi connectivity index (χ3n) is 3.92. The van der Waals surface area contributed by atoms with Gasteiger partial charge in [0.1, 0.15) is 11.5 Å². The first-order valence-corrected chi connectivity index (χ1v) is 11.2. The van der Waals surface area contributed by atoms with Crippen LogP contribution in [0, 0.1) is 0 Å². The Morgan fingerprint density at radius 2 is 1.76 bits per heavy atom. The summed E-state index contributed by atoms with van der Waals surface area (Å²) < 4.78 is 46.1. The molecule has 3 rings (SSSR count). The lowest BCUT2D eigenvalue weighted by atomic mass is 10.2. The number of anilines is 2. The smallest absolute Gasteiger partial charge is 0.497 e. The molecule has 7 nitrogen and oxygen atoms in total. The summed E-state index contributed by atoms with van der Waals surface area (Å²) in [6.07, 6.45) is -4.80. The zero-order valence-corrected chi connectivity index (χ0v) is 18.8. The number of halogens is 3. The maximum absolute atomic E-state index is 12.2. The molecule has 1 heterocycles. The number of alkyl halides is 3. The molecule has 0 atom stereocenters. The summed E-state index contributed by atoms with van der Waals surface area (Å²) in [5.41, 5.74) is 1.47. The van der Waals surface area contributed by atoms with E-state index >= 15 is 0 Å². The molecule has 2 aromatic carbocycles. The maximum Gasteiger partial charge on any atom is 0.573 e. The lowest BCUT2D eigenvalue weighted by Gasteiger charge is -2.09. The zero-order chi connectivity index (χ0) is 23.8. The number of benzene rings is 2. The molecule has 0 aliphatic carbocycles. The Morgan fingerprint density at radius 3 is 2.45 bits per heavy atom. The first-order chi connectivity index (χ1) is 15.7. The quantitative estimate of drug-likeness (QED) is 0.406. The third-order valence-corrected chi connectivity index (χ3v) is 5.99. The van der Waals surface area contributed by atoms with E-state index in [9.17, 15) is 22.8 Å². The molecule has 0 aliphatic rings. The summed E-state index contributed by atoms with van der Waals surface area (Å²) in [4.78, 5) is 28.7. The average molecular weight is 498 g/mol. The van der Waals surface area contributed by atoms with Crippen LogP contribution in [0.25, 0.3) is 0 Å². The number of aromatic nitrogens is 1. The SMILES string of the molecule is COc1cccc(NC(=O)CSc2nc(CC(=O)Nc3ccc(OC(F)(F)F)cc3)cs2)c1. The zero-order valence-electron chi connectivity index (χ0n) is 17.1. The van der Waals surface area contributed by atoms with Crippen molar-refractivity contribution < 1.29 is 32.2 Å². The number of hydrogen-bond donors (Lipinski definition) is 2. The molecule has 3 aromatic rings. The minimum absolute atomic E-state index is 0.0200. The molecule has 33 heavy (non-hydrogen) atoms. The van der Waals surface area contributed by atoms with E-state index in [-0.39, 0.29) is 29.7 Å². The Balaban J connectivity index is 1.45. The number of rotatable bonds is 9. The average Bonchev–Trinajstić information content (AvgIpc) is 3.20. The van der Waals surface area contributed by atoms with E-state index in [0.29, 0.717) is 27.2 Å². The van der Waals surface area contributed by atoms with Gasteiger partial charge in [-0.25, -0.2) is 4.98 Å². The van der Waals surface area contributed by atoms with Crippen molar-refractivity contribution in [1.29, 1.82) is 0 Å². The summed E-state index contributed by atoms with van der Waals surface area (Å²) in [5, 5.41) is 7.07. The molecular formula is C21H18F3N3O4S2. The number of thioether (sulfide) groups is 1. The lowest BCUT2D eigenvalue weighted by molar-refractivity contribution is -0.274. The van der Waals surface area contributed by atoms with E-state index in [2.05, 4.69) is 20.4 Å². The van der Waals surface area contributed by atoms with Crippen molar-refractivity contribution in [3.63, 3.8) is 0 Å². The summed E-state index contributed by atoms with van der Waals surface area (Å²) in [6.45, 7) is 0. The van der Waals surface area contributed by atoms with Gasteiger partial charge in [0.15, 0.2) is 4.34 Å². The van der Waals surface area contributed by atoms with Crippen molar-refractivity contribution >= 4 is 46.3 Å². The van der Waals surface area contributed by atoms with E-state index in [1.807, 2.05) is 0 Å². The second-order valence-electron chi connectivity index (χ2n) is 6.47. The predicted molar refractivity (Wildman–Crippen MR) is 120 cm³/mol. The van der Waals surface area contributed by atoms with Crippen LogP contribution in [0.3, 0.4) is 0 Å². The van der Waals surface area contributed by atoms with Crippen molar-refractivity contribution in [2.24, 2.45) is 0 Å². The second kappa shape index (κ2) is 11.1. The molecule has 12 heteroatoms. The molecule has 1 aromatic heterocycles. The minimum Gasteiger partial charge on any atom is -0.497 e. The Kier molecular flexibility index (Phi) is 8.17. The number of ether oxygens (including phenoxy) is 2. The topological polar surface area (TPSA) is 89.5 Å². The number of carbonyl (C=O) groups is 2. The molecule has 0 fully saturated rings. The largest absolute Gasteiger partial charge is 0.573 e. The first-order valence-electron chi connectivity index (χ1n) is 9.37. The Bertz CT molecular complexity index is 1100. The molecule has 0 saturated carbocycles. The van der Waals surface area contributed by atoms with Crippen molar-refractivity contribution in [3.05, 3.63) is 59.6 Å². The molecule has 2 N–H and O–H groups in total. The number of nitrogens with zero attached hydrogens (tertiary/aromatic N) is 1. The lowest BCUT2D eigenvalue weighted by Crippen LogP contribution is -2.17. The van der Waals surface area contributed by atoms with Crippen LogP contribution in [0.5, 0.6) is 11.5 Å². The highest BCUT2D eigenvalue weighted by Gasteiger charge is 2.30. The van der Waals surface area contributed by atoms with Gasteiger partial charge in [0, 0.05) is 22.8 Å². The van der Waals surface area contributed by atoms with Gasteiger partial charge in [-0.15, -0.1) is 24.5 Å². The van der Waals surface area contributed by atoms with Crippen molar-refractivity contribution in [2.45, 2.75) is 17.1 Å². The molecule has 0 radical (unpaired) electrons. The number of methoxy groups -OCH3 is 1. The summed E-state index contributed by atoms with van der Waals surface area (Å²) in [6, 6.07) is 11.8. The van der Waals surface area contributed by atoms with Crippen molar-refractivity contribution in [3.8, 4) is 11.5 Å². The predicted octanol–water partition coefficient (Wildman–Crippen LogP) is 4.96. The van der Waals surface area contributed by atoms with Crippen molar-refractivity contribution in [2.75, 3.05) is 23.5 Å². The highest BCUT2D eigenvalue weighted by atomic mass is 32.2. The van der Waals surface area contributed by atoms with Gasteiger partial charge in [0.2, 0.25) is 11.8 Å². The highest BCUT2D eigenvalue weighted by molar-refractivity contribution is 8.01. The molecule has 0 unspecified atom stereocenters. The standard InChI is InChI=1S/C21H18F3N3O4S2/c1-30-17-4-2-3-14(9-17)26-19(29)12-33-20-27-15(11-32-20)10-18(28)25-13-5-7-16(8-6-13)31-21(22,23)24/h2-9,11H,10,12H2,1H3,(H,25,28)(H,26,29). The van der Waals surface area contributed by atoms with Crippen LogP contribution in [0.4, 0.5) is 24.5 Å². The van der Waals surface area contributed by atoms with Gasteiger partial charge in [-0.05, 0) is 36.4 Å². The number of thiazole rings is 1. The summed E-state index contributed by atoms with van der Waals surface area (Å²) >= 11 is 2.55. The molecule has 174 valence electrons. The molecular weight excluding hydrogens is 479 g/mol. The van der Waals surface area contributed by atoms with Crippen LogP contribution in [-0.2, 0) is 16.0 Å². The van der Waals surface area contributed by atoms with Crippen LogP contribution in [0.15, 0.2) is 58.3 Å². The Hall–Kier alpha value is -3.25. The van der Waals surface area contributed by atoms with Crippen molar-refractivity contribution in [1.82, 2.24) is 4.98 Å². The van der Waals surface area contributed by atoms with Gasteiger partial charge in [-0.3, -0.25) is 9.59 Å². The molecule has 0 aliphatic heterocycles. The van der Waals surface area contributed by atoms with Gasteiger partial charge >= 0.3 is 6.36 Å². The highest BCUT2D eigenvalue weighted by Crippen LogP contribution is 2.25. The van der Waals surface area contributed by atoms with Gasteiger partial charge < -0.3 is 20.1 Å². The number of amides is 2. The van der Waals surface area contributed by atoms with E-state index in [0.717, 1.165) is 12.1 Å². The summed E-state index contributed by atoms with van der Waals surface area (Å²) in [7, 11) is 1.54. The van der Waals surface area contributed by atoms with Gasteiger partial charge in [0.05, 0.1) is 25.0 Å². The van der Waals surface area contributed by atoms with Crippen LogP contribution in [0.2, 0.25) is 0 Å². The first kappa shape index (κ1) is 24.4. The molecule has 2 amide bonds. The molecule has 0 saturated heterocycles. The molecule has 0 spiro atoms. The fraction of sp³-hybridized carbons (Fsp3) is 0.190. The third kappa shape index (κ3) is 8.31. The van der Waals surface area contributed by atoms with E-state index in [1.165, 1.54) is 35.2 Å². The monoisotopic (exact) mass is 497 g/mol. The van der Waals surface area contributed by atoms with Crippen LogP contribution < -0.4 is 20.1 Å². The minimum atomic E-state index is -4.78. The number of nitrogens with one attached hydrogen (secondary N) is 2. The van der Waals surface area contributed by atoms with E-state index < -0.39 is 6.36 Å². The van der Waals surface area contributed by atoms with Gasteiger partial charge in [-0.1, -0.05) is 17.8 Å². The fourth-order valence-corrected chi connectivity index (χ4v) is 4.22. The number of carbonyl (C=O) groups excluding carboxylic acids is 2. The van der Waals surface area contributed by atoms with Crippen LogP contribution >= 0.6 is 23.1 Å². The second-order valence-corrected chi connectivity index (χ2v) is 8.55. The Labute approximate surface area is 195 Å². The number of hydrogen-bond acceptors (Lipinski definition) is 7. The van der Waals surface area contributed by atoms with E-state index in [4.69, 9.17) is 4.74 Å². The Morgan fingerprint density at radius 1 is 1.03 bits per heavy atom. The maximum atomic E-state index is 12.2. The molecule has 0 bridgehead atoms.